The van der Waals surface area contributed by atoms with Gasteiger partial charge in [-0.3, -0.25) is 4.57 Å². The largest absolute Gasteiger partial charge is 0.313 e. The second kappa shape index (κ2) is 7.07. The van der Waals surface area contributed by atoms with Crippen LogP contribution in [-0.4, -0.2) is 17.7 Å². The van der Waals surface area contributed by atoms with Crippen molar-refractivity contribution >= 4 is 46.1 Å². The maximum Gasteiger partial charge on any atom is 0.215 e. The molecule has 1 fully saturated rings. The van der Waals surface area contributed by atoms with Gasteiger partial charge in [0, 0.05) is 33.6 Å². The summed E-state index contributed by atoms with van der Waals surface area (Å²) in [6.07, 6.45) is 0.276. The lowest BCUT2D eigenvalue weighted by Gasteiger charge is -2.22. The highest BCUT2D eigenvalue weighted by Crippen LogP contribution is 2.79. The van der Waals surface area contributed by atoms with Crippen LogP contribution in [0.3, 0.4) is 0 Å². The summed E-state index contributed by atoms with van der Waals surface area (Å²) in [5.41, 5.74) is -2.53. The van der Waals surface area contributed by atoms with Crippen LogP contribution in [-0.2, 0) is 9.13 Å². The maximum atomic E-state index is 13.9. The average Bonchev–Trinajstić information content (AvgIpc) is 3.04. The number of hydrogen-bond donors (Lipinski definition) is 0. The molecule has 6 heteroatoms. The molecule has 0 N–H and O–H groups in total. The van der Waals surface area contributed by atoms with Crippen LogP contribution >= 0.6 is 35.5 Å². The van der Waals surface area contributed by atoms with Gasteiger partial charge in [0.05, 0.1) is 0 Å². The Bertz CT molecular complexity index is 737. The SMILES string of the molecule is C=C(CP(=O)(c1ccccc1)c1ccccc1)P1(=O)SCCS1. The number of benzene rings is 2. The lowest BCUT2D eigenvalue weighted by molar-refractivity contribution is 0.587. The third-order valence-electron chi connectivity index (χ3n) is 3.74. The molecule has 120 valence electrons. The van der Waals surface area contributed by atoms with Crippen molar-refractivity contribution in [1.29, 1.82) is 0 Å². The van der Waals surface area contributed by atoms with Crippen LogP contribution in [0.2, 0.25) is 0 Å². The Kier molecular flexibility index (Phi) is 5.28. The summed E-state index contributed by atoms with van der Waals surface area (Å²) >= 11 is 2.96. The predicted octanol–water partition coefficient (Wildman–Crippen LogP) is 5.19. The van der Waals surface area contributed by atoms with Crippen molar-refractivity contribution in [2.75, 3.05) is 17.7 Å². The van der Waals surface area contributed by atoms with E-state index in [0.29, 0.717) is 5.31 Å². The normalized spacial score (nSPS) is 17.0. The van der Waals surface area contributed by atoms with Gasteiger partial charge in [0.2, 0.25) is 5.55 Å². The molecule has 1 saturated heterocycles. The first-order valence-corrected chi connectivity index (χ1v) is 14.1. The van der Waals surface area contributed by atoms with Gasteiger partial charge in [0.25, 0.3) is 0 Å². The fraction of sp³-hybridized carbons (Fsp3) is 0.176. The third kappa shape index (κ3) is 3.56. The molecule has 0 amide bonds. The van der Waals surface area contributed by atoms with Gasteiger partial charge in [-0.2, -0.15) is 0 Å². The Morgan fingerprint density at radius 2 is 1.39 bits per heavy atom. The van der Waals surface area contributed by atoms with E-state index in [2.05, 4.69) is 6.58 Å². The molecule has 0 aliphatic carbocycles. The Hall–Kier alpha value is -0.660. The minimum absolute atomic E-state index is 0.276. The summed E-state index contributed by atoms with van der Waals surface area (Å²) in [6, 6.07) is 19.0. The lowest BCUT2D eigenvalue weighted by Crippen LogP contribution is -2.18. The van der Waals surface area contributed by atoms with Gasteiger partial charge in [0.1, 0.15) is 7.14 Å². The maximum absolute atomic E-state index is 13.9. The van der Waals surface area contributed by atoms with E-state index in [0.717, 1.165) is 22.1 Å². The summed E-state index contributed by atoms with van der Waals surface area (Å²) < 4.78 is 26.9. The molecule has 1 aliphatic rings. The molecular formula is C17H18O2P2S2. The lowest BCUT2D eigenvalue weighted by atomic mass is 10.4. The summed E-state index contributed by atoms with van der Waals surface area (Å²) in [5.74, 6) is 1.75. The van der Waals surface area contributed by atoms with Crippen LogP contribution in [0.25, 0.3) is 0 Å². The summed E-state index contributed by atoms with van der Waals surface area (Å²) in [7, 11) is -2.87. The minimum atomic E-state index is -2.87. The Balaban J connectivity index is 2.02. The Morgan fingerprint density at radius 3 is 1.83 bits per heavy atom. The zero-order chi connectivity index (χ0) is 16.3. The highest BCUT2D eigenvalue weighted by atomic mass is 33.1. The number of hydrogen-bond acceptors (Lipinski definition) is 4. The average molecular weight is 380 g/mol. The summed E-state index contributed by atoms with van der Waals surface area (Å²) in [5, 5.41) is 2.24. The molecule has 1 aliphatic heterocycles. The van der Waals surface area contributed by atoms with Crippen LogP contribution in [0.5, 0.6) is 0 Å². The van der Waals surface area contributed by atoms with Gasteiger partial charge < -0.3 is 4.57 Å². The van der Waals surface area contributed by atoms with Crippen molar-refractivity contribution in [3.8, 4) is 0 Å². The van der Waals surface area contributed by atoms with Crippen molar-refractivity contribution in [2.45, 2.75) is 0 Å². The molecule has 0 spiro atoms. The van der Waals surface area contributed by atoms with Crippen LogP contribution in [0.1, 0.15) is 0 Å². The third-order valence-corrected chi connectivity index (χ3v) is 16.3. The van der Waals surface area contributed by atoms with Gasteiger partial charge in [-0.15, -0.1) is 0 Å². The van der Waals surface area contributed by atoms with E-state index in [-0.39, 0.29) is 6.16 Å². The van der Waals surface area contributed by atoms with Crippen LogP contribution < -0.4 is 10.6 Å². The highest BCUT2D eigenvalue weighted by molar-refractivity contribution is 8.93. The Morgan fingerprint density at radius 1 is 0.957 bits per heavy atom. The fourth-order valence-electron chi connectivity index (χ4n) is 2.55. The zero-order valence-corrected chi connectivity index (χ0v) is 16.1. The van der Waals surface area contributed by atoms with Crippen LogP contribution in [0.4, 0.5) is 0 Å². The molecule has 3 rings (SSSR count). The van der Waals surface area contributed by atoms with Crippen molar-refractivity contribution in [2.24, 2.45) is 0 Å². The molecule has 2 aromatic rings. The summed E-state index contributed by atoms with van der Waals surface area (Å²) in [4.78, 5) is 0. The molecule has 0 atom stereocenters. The van der Waals surface area contributed by atoms with Gasteiger partial charge in [0.15, 0.2) is 0 Å². The number of rotatable bonds is 5. The van der Waals surface area contributed by atoms with Crippen molar-refractivity contribution in [3.05, 3.63) is 72.6 Å². The van der Waals surface area contributed by atoms with Crippen LogP contribution in [0.15, 0.2) is 72.6 Å². The molecule has 23 heavy (non-hydrogen) atoms. The quantitative estimate of drug-likeness (QED) is 0.669. The van der Waals surface area contributed by atoms with E-state index in [9.17, 15) is 9.13 Å². The van der Waals surface area contributed by atoms with Gasteiger partial charge in [-0.05, 0) is 0 Å². The molecule has 1 heterocycles. The van der Waals surface area contributed by atoms with E-state index in [1.165, 1.54) is 22.8 Å². The Labute approximate surface area is 145 Å². The molecule has 0 radical (unpaired) electrons. The zero-order valence-electron chi connectivity index (χ0n) is 12.6. The van der Waals surface area contributed by atoms with Crippen molar-refractivity contribution < 1.29 is 9.13 Å². The first kappa shape index (κ1) is 17.2. The standard InChI is InChI=1S/C17H18O2P2S2/c1-15(21(19)22-12-13-23-21)14-20(18,16-8-4-2-5-9-16)17-10-6-3-7-11-17/h2-11H,1,12-14H2. The minimum Gasteiger partial charge on any atom is -0.313 e. The molecule has 2 nitrogen and oxygen atoms in total. The molecule has 0 bridgehead atoms. The molecule has 2 aromatic carbocycles. The monoisotopic (exact) mass is 380 g/mol. The van der Waals surface area contributed by atoms with E-state index < -0.39 is 12.7 Å². The van der Waals surface area contributed by atoms with Gasteiger partial charge in [-0.1, -0.05) is 90.0 Å². The molecule has 0 unspecified atom stereocenters. The van der Waals surface area contributed by atoms with Crippen molar-refractivity contribution in [3.63, 3.8) is 0 Å². The first-order chi connectivity index (χ1) is 11.0. The summed E-state index contributed by atoms with van der Waals surface area (Å²) in [6.45, 7) is 4.07. The topological polar surface area (TPSA) is 34.1 Å². The van der Waals surface area contributed by atoms with E-state index >= 15 is 0 Å². The molecule has 0 aromatic heterocycles. The van der Waals surface area contributed by atoms with E-state index in [4.69, 9.17) is 0 Å². The fourth-order valence-corrected chi connectivity index (χ4v) is 15.0. The van der Waals surface area contributed by atoms with E-state index in [1.54, 1.807) is 0 Å². The smallest absolute Gasteiger partial charge is 0.215 e. The number of allylic oxidation sites excluding steroid dienone is 1. The van der Waals surface area contributed by atoms with Crippen molar-refractivity contribution in [1.82, 2.24) is 0 Å². The van der Waals surface area contributed by atoms with Gasteiger partial charge >= 0.3 is 0 Å². The second-order valence-corrected chi connectivity index (χ2v) is 16.4. The molecule has 0 saturated carbocycles. The predicted molar refractivity (Wildman–Crippen MR) is 106 cm³/mol. The molecular weight excluding hydrogens is 362 g/mol. The van der Waals surface area contributed by atoms with E-state index in [1.807, 2.05) is 60.7 Å². The second-order valence-electron chi connectivity index (χ2n) is 5.30. The van der Waals surface area contributed by atoms with Crippen LogP contribution in [0, 0.1) is 0 Å². The first-order valence-electron chi connectivity index (χ1n) is 7.32. The highest BCUT2D eigenvalue weighted by Gasteiger charge is 2.37. The van der Waals surface area contributed by atoms with Gasteiger partial charge in [-0.25, -0.2) is 0 Å².